The summed E-state index contributed by atoms with van der Waals surface area (Å²) in [6, 6.07) is 0. The Bertz CT molecular complexity index is 102. The molecular weight excluding hydrogens is 84.0 g/mol. The number of amides is 2. The summed E-state index contributed by atoms with van der Waals surface area (Å²) in [5.74, 6) is -2.24. The Morgan fingerprint density at radius 1 is 1.50 bits per heavy atom. The van der Waals surface area contributed by atoms with E-state index in [0.29, 0.717) is 0 Å². The monoisotopic (exact) mass is 89.0 g/mol. The van der Waals surface area contributed by atoms with Crippen molar-refractivity contribution in [2.75, 3.05) is 0 Å². The van der Waals surface area contributed by atoms with E-state index in [2.05, 4.69) is 5.73 Å². The minimum atomic E-state index is -1.14. The van der Waals surface area contributed by atoms with Crippen LogP contribution in [-0.2, 0) is 9.59 Å². The summed E-state index contributed by atoms with van der Waals surface area (Å²) in [4.78, 5) is 19.4. The predicted octanol–water partition coefficient (Wildman–Crippen LogP) is -2.04. The summed E-state index contributed by atoms with van der Waals surface area (Å²) >= 11 is 0. The van der Waals surface area contributed by atoms with Crippen LogP contribution < -0.4 is 11.5 Å². The molecule has 0 unspecified atom stereocenters. The second-order valence-electron chi connectivity index (χ2n) is 0.693. The van der Waals surface area contributed by atoms with Crippen molar-refractivity contribution >= 4 is 11.8 Å². The topological polar surface area (TPSA) is 86.2 Å². The Morgan fingerprint density at radius 3 is 2.00 bits per heavy atom. The van der Waals surface area contributed by atoms with Gasteiger partial charge in [-0.15, -0.1) is 0 Å². The van der Waals surface area contributed by atoms with Crippen LogP contribution in [0.2, 0.25) is 1.41 Å². The quantitative estimate of drug-likeness (QED) is 0.335. The molecule has 0 saturated heterocycles. The molecule has 0 heterocycles. The molecule has 0 radical (unpaired) electrons. The first-order valence-electron chi connectivity index (χ1n) is 1.70. The summed E-state index contributed by atoms with van der Waals surface area (Å²) in [7, 11) is 0. The van der Waals surface area contributed by atoms with Crippen molar-refractivity contribution in [3.8, 4) is 0 Å². The molecular formula is C2H4N2O2. The third kappa shape index (κ3) is 1.28. The van der Waals surface area contributed by atoms with Crippen LogP contribution in [0.25, 0.3) is 0 Å². The summed E-state index contributed by atoms with van der Waals surface area (Å²) in [5.41, 5.74) is 5.68. The molecule has 0 saturated carbocycles. The average Bonchev–Trinajstić information content (AvgIpc) is 1.65. The molecule has 0 aromatic rings. The van der Waals surface area contributed by atoms with E-state index in [9.17, 15) is 9.59 Å². The molecule has 0 bridgehead atoms. The van der Waals surface area contributed by atoms with E-state index in [4.69, 9.17) is 1.41 Å². The third-order valence-corrected chi connectivity index (χ3v) is 0.224. The fraction of sp³-hybridized carbons (Fsp3) is 0. The van der Waals surface area contributed by atoms with Crippen molar-refractivity contribution in [3.05, 3.63) is 0 Å². The molecule has 0 aromatic heterocycles. The maximum atomic E-state index is 9.74. The zero-order chi connectivity index (χ0) is 5.86. The van der Waals surface area contributed by atoms with E-state index in [1.165, 1.54) is 5.73 Å². The van der Waals surface area contributed by atoms with E-state index < -0.39 is 11.8 Å². The lowest BCUT2D eigenvalue weighted by molar-refractivity contribution is -0.135. The minimum Gasteiger partial charge on any atom is -0.361 e. The number of nitrogens with two attached hydrogens (primary N) is 2. The van der Waals surface area contributed by atoms with Gasteiger partial charge in [-0.05, 0) is 0 Å². The van der Waals surface area contributed by atoms with Gasteiger partial charge in [0.25, 0.3) is 0 Å². The van der Waals surface area contributed by atoms with Gasteiger partial charge in [0.2, 0.25) is 0 Å². The molecule has 0 rings (SSSR count). The minimum absolute atomic E-state index is 1.10. The first-order chi connectivity index (χ1) is 3.18. The fourth-order valence-corrected chi connectivity index (χ4v) is 0. The molecule has 2 amide bonds. The zero-order valence-electron chi connectivity index (χ0n) is 3.89. The fourth-order valence-electron chi connectivity index (χ4n) is 0. The summed E-state index contributed by atoms with van der Waals surface area (Å²) < 4.78 is 6.04. The van der Waals surface area contributed by atoms with Crippen LogP contribution in [0.1, 0.15) is 0 Å². The molecule has 0 aromatic carbocycles. The third-order valence-electron chi connectivity index (χ3n) is 0.224. The van der Waals surface area contributed by atoms with Crippen LogP contribution in [-0.4, -0.2) is 11.8 Å². The van der Waals surface area contributed by atoms with Gasteiger partial charge in [0.05, 0.1) is 0 Å². The molecule has 4 heteroatoms. The number of hydrogen-bond acceptors (Lipinski definition) is 2. The van der Waals surface area contributed by atoms with Crippen LogP contribution >= 0.6 is 0 Å². The summed E-state index contributed by atoms with van der Waals surface area (Å²) in [6.07, 6.45) is 0. The molecule has 0 atom stereocenters. The van der Waals surface area contributed by atoms with E-state index >= 15 is 0 Å². The van der Waals surface area contributed by atoms with Gasteiger partial charge in [0.1, 0.15) is 0 Å². The van der Waals surface area contributed by atoms with Crippen molar-refractivity contribution in [1.29, 1.82) is 0 Å². The van der Waals surface area contributed by atoms with Crippen LogP contribution in [0, 0.1) is 0 Å². The van der Waals surface area contributed by atoms with Gasteiger partial charge in [-0.1, -0.05) is 0 Å². The number of rotatable bonds is 0. The molecule has 6 heavy (non-hydrogen) atoms. The maximum absolute atomic E-state index is 9.74. The van der Waals surface area contributed by atoms with Crippen molar-refractivity contribution in [2.45, 2.75) is 0 Å². The summed E-state index contributed by atoms with van der Waals surface area (Å²) in [5, 5.41) is 0. The van der Waals surface area contributed by atoms with Crippen molar-refractivity contribution in [2.24, 2.45) is 11.5 Å². The van der Waals surface area contributed by atoms with Crippen molar-refractivity contribution in [1.82, 2.24) is 0 Å². The Hall–Kier alpha value is -1.06. The van der Waals surface area contributed by atoms with Gasteiger partial charge in [0, 0.05) is 0 Å². The van der Waals surface area contributed by atoms with Gasteiger partial charge in [-0.2, -0.15) is 0 Å². The lowest BCUT2D eigenvalue weighted by Gasteiger charge is -1.75. The smallest absolute Gasteiger partial charge is 0.306 e. The van der Waals surface area contributed by atoms with Gasteiger partial charge >= 0.3 is 11.8 Å². The van der Waals surface area contributed by atoms with Gasteiger partial charge < -0.3 is 11.5 Å². The van der Waals surface area contributed by atoms with E-state index in [1.807, 2.05) is 0 Å². The molecule has 4 nitrogen and oxygen atoms in total. The van der Waals surface area contributed by atoms with Gasteiger partial charge in [-0.25, -0.2) is 0 Å². The molecule has 0 aliphatic rings. The Kier molecular flexibility index (Phi) is 0.731. The first-order valence-corrected chi connectivity index (χ1v) is 1.20. The highest BCUT2D eigenvalue weighted by atomic mass is 16.2. The lowest BCUT2D eigenvalue weighted by Crippen LogP contribution is -2.29. The lowest BCUT2D eigenvalue weighted by atomic mass is 10.6. The van der Waals surface area contributed by atoms with Crippen molar-refractivity contribution < 1.29 is 11.0 Å². The highest BCUT2D eigenvalue weighted by Crippen LogP contribution is 1.44. The molecule has 0 fully saturated rings. The van der Waals surface area contributed by atoms with Crippen molar-refractivity contribution in [3.63, 3.8) is 0 Å². The second-order valence-corrected chi connectivity index (χ2v) is 0.693. The summed E-state index contributed by atoms with van der Waals surface area (Å²) in [6.45, 7) is 0. The average molecular weight is 89.1 g/mol. The van der Waals surface area contributed by atoms with E-state index in [0.717, 1.165) is 0 Å². The number of carbonyl (C=O) groups excluding carboxylic acids is 2. The predicted molar refractivity (Wildman–Crippen MR) is 18.4 cm³/mol. The second kappa shape index (κ2) is 1.40. The van der Waals surface area contributed by atoms with E-state index in [-0.39, 0.29) is 0 Å². The zero-order valence-corrected chi connectivity index (χ0v) is 2.89. The molecule has 34 valence electrons. The van der Waals surface area contributed by atoms with Crippen LogP contribution in [0.5, 0.6) is 0 Å². The number of carbonyl (C=O) groups is 2. The number of primary amides is 2. The molecule has 0 aliphatic heterocycles. The Balaban J connectivity index is 3.58. The maximum Gasteiger partial charge on any atom is 0.306 e. The van der Waals surface area contributed by atoms with Crippen LogP contribution in [0.15, 0.2) is 0 Å². The largest absolute Gasteiger partial charge is 0.361 e. The SMILES string of the molecule is [2H]NC(=O)C(N)=O. The standard InChI is InChI=1S/C2H4N2O2/c3-1(5)2(4)6/h(H2,3,5)(H2,4,6)/i/hD. The first kappa shape index (κ1) is 3.14. The van der Waals surface area contributed by atoms with Crippen LogP contribution in [0.4, 0.5) is 0 Å². The highest BCUT2D eigenvalue weighted by Gasteiger charge is 1.96. The molecule has 4 N–H and O–H groups in total. The number of hydrogen-bond donors (Lipinski definition) is 2. The van der Waals surface area contributed by atoms with Gasteiger partial charge in [0.15, 0.2) is 1.41 Å². The van der Waals surface area contributed by atoms with Crippen LogP contribution in [0.3, 0.4) is 0 Å². The van der Waals surface area contributed by atoms with E-state index in [1.54, 1.807) is 0 Å². The Labute approximate surface area is 35.6 Å². The molecule has 0 spiro atoms. The normalized spacial score (nSPS) is 9.00. The highest BCUT2D eigenvalue weighted by molar-refractivity contribution is 6.33. The Morgan fingerprint density at radius 2 is 2.00 bits per heavy atom. The van der Waals surface area contributed by atoms with Gasteiger partial charge in [-0.3, -0.25) is 9.59 Å². The molecule has 0 aliphatic carbocycles.